The van der Waals surface area contributed by atoms with Gasteiger partial charge in [-0.1, -0.05) is 36.8 Å². The van der Waals surface area contributed by atoms with Crippen molar-refractivity contribution < 1.29 is 9.72 Å². The average molecular weight is 312 g/mol. The predicted octanol–water partition coefficient (Wildman–Crippen LogP) is 4.43. The maximum absolute atomic E-state index is 11.9. The summed E-state index contributed by atoms with van der Waals surface area (Å²) in [7, 11) is 0. The summed E-state index contributed by atoms with van der Waals surface area (Å²) in [4.78, 5) is 22.2. The predicted molar refractivity (Wildman–Crippen MR) is 90.6 cm³/mol. The third-order valence-corrected chi connectivity index (χ3v) is 3.72. The van der Waals surface area contributed by atoms with Gasteiger partial charge in [-0.3, -0.25) is 14.9 Å². The number of nitro benzene ring substituents is 1. The Kier molecular flexibility index (Phi) is 5.46. The van der Waals surface area contributed by atoms with Crippen molar-refractivity contribution in [2.24, 2.45) is 0 Å². The zero-order valence-corrected chi connectivity index (χ0v) is 13.3. The molecule has 0 spiro atoms. The molecular formula is C18H20N2O3. The highest BCUT2D eigenvalue weighted by Crippen LogP contribution is 2.25. The molecule has 0 aliphatic heterocycles. The molecule has 0 radical (unpaired) electrons. The lowest BCUT2D eigenvalue weighted by Gasteiger charge is -2.20. The summed E-state index contributed by atoms with van der Waals surface area (Å²) in [6, 6.07) is 14.1. The van der Waals surface area contributed by atoms with Crippen molar-refractivity contribution in [2.75, 3.05) is 5.32 Å². The smallest absolute Gasteiger partial charge is 0.269 e. The molecule has 0 saturated carbocycles. The van der Waals surface area contributed by atoms with Crippen LogP contribution < -0.4 is 5.32 Å². The molecule has 5 heteroatoms. The van der Waals surface area contributed by atoms with Gasteiger partial charge in [0.25, 0.3) is 5.69 Å². The van der Waals surface area contributed by atoms with Crippen molar-refractivity contribution in [1.29, 1.82) is 0 Å². The lowest BCUT2D eigenvalue weighted by molar-refractivity contribution is -0.384. The highest BCUT2D eigenvalue weighted by atomic mass is 16.6. The quantitative estimate of drug-likeness (QED) is 0.606. The summed E-state index contributed by atoms with van der Waals surface area (Å²) >= 11 is 0. The van der Waals surface area contributed by atoms with Crippen LogP contribution in [-0.4, -0.2) is 10.7 Å². The second kappa shape index (κ2) is 7.54. The summed E-state index contributed by atoms with van der Waals surface area (Å²) in [6.07, 6.45) is 0.821. The number of anilines is 1. The number of rotatable bonds is 7. The molecule has 2 aromatic carbocycles. The van der Waals surface area contributed by atoms with Crippen LogP contribution in [0.2, 0.25) is 0 Å². The number of carbonyl (C=O) groups is 1. The Morgan fingerprint density at radius 1 is 1.13 bits per heavy atom. The number of nitro groups is 1. The van der Waals surface area contributed by atoms with Gasteiger partial charge in [0.05, 0.1) is 11.0 Å². The lowest BCUT2D eigenvalue weighted by Crippen LogP contribution is -2.15. The van der Waals surface area contributed by atoms with E-state index in [4.69, 9.17) is 0 Å². The van der Waals surface area contributed by atoms with Crippen molar-refractivity contribution in [3.63, 3.8) is 0 Å². The van der Waals surface area contributed by atoms with E-state index in [1.54, 1.807) is 12.1 Å². The number of hydrogen-bond acceptors (Lipinski definition) is 4. The standard InChI is InChI=1S/C18H20N2O3/c1-3-17(21)12-18(19-15-8-4-13(2)5-9-15)14-6-10-16(11-7-14)20(22)23/h4-11,18-19H,3,12H2,1-2H3. The number of Topliss-reactive ketones (excluding diaryl/α,β-unsaturated/α-hetero) is 1. The Bertz CT molecular complexity index is 678. The summed E-state index contributed by atoms with van der Waals surface area (Å²) in [5.74, 6) is 0.146. The van der Waals surface area contributed by atoms with E-state index >= 15 is 0 Å². The van der Waals surface area contributed by atoms with E-state index in [0.29, 0.717) is 12.8 Å². The van der Waals surface area contributed by atoms with E-state index in [0.717, 1.165) is 16.8 Å². The zero-order chi connectivity index (χ0) is 16.8. The molecule has 0 saturated heterocycles. The highest BCUT2D eigenvalue weighted by Gasteiger charge is 2.16. The maximum Gasteiger partial charge on any atom is 0.269 e. The lowest BCUT2D eigenvalue weighted by atomic mass is 9.99. The molecule has 0 fully saturated rings. The van der Waals surface area contributed by atoms with Crippen LogP contribution in [0, 0.1) is 17.0 Å². The Morgan fingerprint density at radius 2 is 1.74 bits per heavy atom. The Labute approximate surface area is 135 Å². The first-order chi connectivity index (χ1) is 11.0. The van der Waals surface area contributed by atoms with Gasteiger partial charge >= 0.3 is 0 Å². The fourth-order valence-corrected chi connectivity index (χ4v) is 2.30. The summed E-state index contributed by atoms with van der Waals surface area (Å²) < 4.78 is 0. The van der Waals surface area contributed by atoms with Gasteiger partial charge in [-0.05, 0) is 24.6 Å². The van der Waals surface area contributed by atoms with Crippen LogP contribution in [0.4, 0.5) is 11.4 Å². The Morgan fingerprint density at radius 3 is 2.26 bits per heavy atom. The molecular weight excluding hydrogens is 292 g/mol. The molecule has 1 unspecified atom stereocenters. The van der Waals surface area contributed by atoms with Crippen molar-refractivity contribution in [2.45, 2.75) is 32.7 Å². The van der Waals surface area contributed by atoms with Crippen LogP contribution in [0.5, 0.6) is 0 Å². The summed E-state index contributed by atoms with van der Waals surface area (Å²) in [5, 5.41) is 14.1. The monoisotopic (exact) mass is 312 g/mol. The molecule has 0 aliphatic carbocycles. The van der Waals surface area contributed by atoms with Gasteiger partial charge < -0.3 is 5.32 Å². The molecule has 0 bridgehead atoms. The van der Waals surface area contributed by atoms with Gasteiger partial charge in [0.2, 0.25) is 0 Å². The number of hydrogen-bond donors (Lipinski definition) is 1. The van der Waals surface area contributed by atoms with Crippen LogP contribution in [0.15, 0.2) is 48.5 Å². The minimum Gasteiger partial charge on any atom is -0.378 e. The number of benzene rings is 2. The van der Waals surface area contributed by atoms with Gasteiger partial charge in [0.15, 0.2) is 0 Å². The molecule has 2 aromatic rings. The van der Waals surface area contributed by atoms with E-state index in [1.807, 2.05) is 38.1 Å². The van der Waals surface area contributed by atoms with Crippen molar-refractivity contribution in [3.05, 3.63) is 69.8 Å². The molecule has 1 N–H and O–H groups in total. The van der Waals surface area contributed by atoms with Crippen molar-refractivity contribution in [1.82, 2.24) is 0 Å². The first-order valence-electron chi connectivity index (χ1n) is 7.59. The number of ketones is 1. The SMILES string of the molecule is CCC(=O)CC(Nc1ccc(C)cc1)c1ccc([N+](=O)[O-])cc1. The molecule has 0 heterocycles. The number of carbonyl (C=O) groups excluding carboxylic acids is 1. The molecule has 120 valence electrons. The second-order valence-corrected chi connectivity index (χ2v) is 5.51. The second-order valence-electron chi connectivity index (χ2n) is 5.51. The van der Waals surface area contributed by atoms with Gasteiger partial charge in [0.1, 0.15) is 5.78 Å². The first-order valence-corrected chi connectivity index (χ1v) is 7.59. The van der Waals surface area contributed by atoms with E-state index < -0.39 is 4.92 Å². The summed E-state index contributed by atoms with van der Waals surface area (Å²) in [6.45, 7) is 3.85. The van der Waals surface area contributed by atoms with Crippen molar-refractivity contribution >= 4 is 17.2 Å². The molecule has 23 heavy (non-hydrogen) atoms. The van der Waals surface area contributed by atoms with E-state index in [9.17, 15) is 14.9 Å². The molecule has 5 nitrogen and oxygen atoms in total. The largest absolute Gasteiger partial charge is 0.378 e. The van der Waals surface area contributed by atoms with Crippen LogP contribution in [-0.2, 0) is 4.79 Å². The van der Waals surface area contributed by atoms with Gasteiger partial charge in [0, 0.05) is 30.7 Å². The van der Waals surface area contributed by atoms with Gasteiger partial charge in [-0.25, -0.2) is 0 Å². The van der Waals surface area contributed by atoms with Crippen LogP contribution in [0.25, 0.3) is 0 Å². The molecule has 1 atom stereocenters. The van der Waals surface area contributed by atoms with Crippen LogP contribution in [0.3, 0.4) is 0 Å². The minimum atomic E-state index is -0.427. The highest BCUT2D eigenvalue weighted by molar-refractivity contribution is 5.79. The number of non-ortho nitro benzene ring substituents is 1. The molecule has 0 amide bonds. The molecule has 2 rings (SSSR count). The van der Waals surface area contributed by atoms with E-state index in [-0.39, 0.29) is 17.5 Å². The maximum atomic E-state index is 11.9. The Balaban J connectivity index is 2.23. The van der Waals surface area contributed by atoms with Gasteiger partial charge in [-0.2, -0.15) is 0 Å². The molecule has 0 aromatic heterocycles. The third kappa shape index (κ3) is 4.64. The van der Waals surface area contributed by atoms with Gasteiger partial charge in [-0.15, -0.1) is 0 Å². The number of aryl methyl sites for hydroxylation is 1. The molecule has 0 aliphatic rings. The van der Waals surface area contributed by atoms with E-state index in [2.05, 4.69) is 5.32 Å². The number of nitrogens with one attached hydrogen (secondary N) is 1. The fraction of sp³-hybridized carbons (Fsp3) is 0.278. The van der Waals surface area contributed by atoms with Crippen molar-refractivity contribution in [3.8, 4) is 0 Å². The van der Waals surface area contributed by atoms with E-state index in [1.165, 1.54) is 12.1 Å². The minimum absolute atomic E-state index is 0.0460. The summed E-state index contributed by atoms with van der Waals surface area (Å²) in [5.41, 5.74) is 2.98. The zero-order valence-electron chi connectivity index (χ0n) is 13.3. The first kappa shape index (κ1) is 16.7. The van der Waals surface area contributed by atoms with Crippen LogP contribution in [0.1, 0.15) is 36.9 Å². The average Bonchev–Trinajstić information content (AvgIpc) is 2.56. The normalized spacial score (nSPS) is 11.7. The van der Waals surface area contributed by atoms with Crippen LogP contribution >= 0.6 is 0 Å². The fourth-order valence-electron chi connectivity index (χ4n) is 2.30. The number of nitrogens with zero attached hydrogens (tertiary/aromatic N) is 1. The topological polar surface area (TPSA) is 72.2 Å². The third-order valence-electron chi connectivity index (χ3n) is 3.72. The Hall–Kier alpha value is -2.69.